The van der Waals surface area contributed by atoms with E-state index in [0.29, 0.717) is 23.6 Å². The Balaban J connectivity index is 1.88. The Kier molecular flexibility index (Phi) is 4.80. The molecule has 2 aromatic rings. The lowest BCUT2D eigenvalue weighted by Crippen LogP contribution is -2.32. The number of nitrogens with zero attached hydrogens (tertiary/aromatic N) is 4. The summed E-state index contributed by atoms with van der Waals surface area (Å²) < 4.78 is 1.71. The van der Waals surface area contributed by atoms with Gasteiger partial charge in [-0.3, -0.25) is 14.0 Å². The number of carbonyl (C=O) groups excluding carboxylic acids is 2. The minimum Gasteiger partial charge on any atom is -0.349 e. The highest BCUT2D eigenvalue weighted by Crippen LogP contribution is 2.17. The molecule has 3 rings (SSSR count). The SMILES string of the molecule is CN(C)CCNC(=O)c1nc(C(=O)N2CCCC2)n2ccccc12. The van der Waals surface area contributed by atoms with Crippen LogP contribution in [-0.2, 0) is 0 Å². The number of hydrogen-bond donors (Lipinski definition) is 1. The van der Waals surface area contributed by atoms with Crippen LogP contribution < -0.4 is 5.32 Å². The molecular formula is C17H23N5O2. The summed E-state index contributed by atoms with van der Waals surface area (Å²) in [4.78, 5) is 33.3. The van der Waals surface area contributed by atoms with Gasteiger partial charge in [-0.05, 0) is 39.1 Å². The van der Waals surface area contributed by atoms with Crippen LogP contribution >= 0.6 is 0 Å². The van der Waals surface area contributed by atoms with E-state index in [9.17, 15) is 9.59 Å². The molecule has 0 spiro atoms. The van der Waals surface area contributed by atoms with Gasteiger partial charge < -0.3 is 15.1 Å². The van der Waals surface area contributed by atoms with E-state index in [-0.39, 0.29) is 11.8 Å². The van der Waals surface area contributed by atoms with Crippen LogP contribution in [0.15, 0.2) is 24.4 Å². The van der Waals surface area contributed by atoms with Crippen molar-refractivity contribution in [1.29, 1.82) is 0 Å². The number of amides is 2. The van der Waals surface area contributed by atoms with Crippen molar-refractivity contribution in [3.05, 3.63) is 35.9 Å². The van der Waals surface area contributed by atoms with E-state index in [2.05, 4.69) is 10.3 Å². The Hall–Kier alpha value is -2.41. The maximum Gasteiger partial charge on any atom is 0.290 e. The Bertz CT molecular complexity index is 747. The Labute approximate surface area is 141 Å². The van der Waals surface area contributed by atoms with E-state index < -0.39 is 0 Å². The van der Waals surface area contributed by atoms with Gasteiger partial charge in [-0.15, -0.1) is 0 Å². The average Bonchev–Trinajstić information content (AvgIpc) is 3.22. The van der Waals surface area contributed by atoms with Gasteiger partial charge in [0, 0.05) is 32.4 Å². The Morgan fingerprint density at radius 1 is 1.25 bits per heavy atom. The summed E-state index contributed by atoms with van der Waals surface area (Å²) in [7, 11) is 3.90. The van der Waals surface area contributed by atoms with Gasteiger partial charge >= 0.3 is 0 Å². The molecular weight excluding hydrogens is 306 g/mol. The molecule has 2 aromatic heterocycles. The first-order valence-corrected chi connectivity index (χ1v) is 8.27. The van der Waals surface area contributed by atoms with Crippen molar-refractivity contribution < 1.29 is 9.59 Å². The van der Waals surface area contributed by atoms with Crippen LogP contribution in [0.1, 0.15) is 33.9 Å². The van der Waals surface area contributed by atoms with Crippen molar-refractivity contribution >= 4 is 17.3 Å². The van der Waals surface area contributed by atoms with Crippen molar-refractivity contribution in [2.24, 2.45) is 0 Å². The number of hydrogen-bond acceptors (Lipinski definition) is 4. The highest BCUT2D eigenvalue weighted by atomic mass is 16.2. The third-order valence-corrected chi connectivity index (χ3v) is 4.19. The first-order chi connectivity index (χ1) is 11.6. The molecule has 7 heteroatoms. The predicted octanol–water partition coefficient (Wildman–Crippen LogP) is 0.862. The molecule has 0 atom stereocenters. The molecule has 1 N–H and O–H groups in total. The predicted molar refractivity (Wildman–Crippen MR) is 91.2 cm³/mol. The average molecular weight is 329 g/mol. The molecule has 0 saturated carbocycles. The molecule has 128 valence electrons. The lowest BCUT2D eigenvalue weighted by molar-refractivity contribution is 0.0780. The van der Waals surface area contributed by atoms with Gasteiger partial charge in [0.05, 0.1) is 5.52 Å². The fraction of sp³-hybridized carbons (Fsp3) is 0.471. The van der Waals surface area contributed by atoms with Crippen molar-refractivity contribution in [1.82, 2.24) is 24.5 Å². The molecule has 24 heavy (non-hydrogen) atoms. The maximum absolute atomic E-state index is 12.7. The number of fused-ring (bicyclic) bond motifs is 1. The zero-order valence-electron chi connectivity index (χ0n) is 14.2. The molecule has 0 bridgehead atoms. The Morgan fingerprint density at radius 2 is 2.00 bits per heavy atom. The molecule has 1 aliphatic heterocycles. The summed E-state index contributed by atoms with van der Waals surface area (Å²) in [5.74, 6) is -0.0488. The zero-order valence-corrected chi connectivity index (χ0v) is 14.2. The quantitative estimate of drug-likeness (QED) is 0.883. The summed E-state index contributed by atoms with van der Waals surface area (Å²) in [6.07, 6.45) is 3.82. The second kappa shape index (κ2) is 7.00. The fourth-order valence-electron chi connectivity index (χ4n) is 2.89. The number of imidazole rings is 1. The maximum atomic E-state index is 12.7. The van der Waals surface area contributed by atoms with Crippen LogP contribution in [0, 0.1) is 0 Å². The smallest absolute Gasteiger partial charge is 0.290 e. The number of pyridine rings is 1. The Morgan fingerprint density at radius 3 is 2.71 bits per heavy atom. The molecule has 7 nitrogen and oxygen atoms in total. The fourth-order valence-corrected chi connectivity index (χ4v) is 2.89. The lowest BCUT2D eigenvalue weighted by Gasteiger charge is -2.13. The van der Waals surface area contributed by atoms with Crippen molar-refractivity contribution in [2.75, 3.05) is 40.3 Å². The number of nitrogens with one attached hydrogen (secondary N) is 1. The molecule has 1 fully saturated rings. The second-order valence-electron chi connectivity index (χ2n) is 6.30. The largest absolute Gasteiger partial charge is 0.349 e. The number of carbonyl (C=O) groups is 2. The van der Waals surface area contributed by atoms with Crippen molar-refractivity contribution in [2.45, 2.75) is 12.8 Å². The summed E-state index contributed by atoms with van der Waals surface area (Å²) in [5.41, 5.74) is 0.958. The van der Waals surface area contributed by atoms with E-state index >= 15 is 0 Å². The number of rotatable bonds is 5. The van der Waals surface area contributed by atoms with E-state index in [1.807, 2.05) is 37.2 Å². The number of likely N-dealkylation sites (N-methyl/N-ethyl adjacent to an activating group) is 1. The number of likely N-dealkylation sites (tertiary alicyclic amines) is 1. The molecule has 0 aliphatic carbocycles. The first kappa shape index (κ1) is 16.4. The third-order valence-electron chi connectivity index (χ3n) is 4.19. The molecule has 0 unspecified atom stereocenters. The summed E-state index contributed by atoms with van der Waals surface area (Å²) >= 11 is 0. The van der Waals surface area contributed by atoms with Gasteiger partial charge in [0.1, 0.15) is 0 Å². The van der Waals surface area contributed by atoms with Crippen LogP contribution in [0.2, 0.25) is 0 Å². The minimum atomic E-state index is -0.249. The molecule has 1 saturated heterocycles. The lowest BCUT2D eigenvalue weighted by atomic mass is 10.3. The highest BCUT2D eigenvalue weighted by Gasteiger charge is 2.26. The molecule has 2 amide bonds. The van der Waals surface area contributed by atoms with Crippen LogP contribution in [0.3, 0.4) is 0 Å². The monoisotopic (exact) mass is 329 g/mol. The third kappa shape index (κ3) is 3.26. The van der Waals surface area contributed by atoms with E-state index in [4.69, 9.17) is 0 Å². The standard InChI is InChI=1S/C17H23N5O2/c1-20(2)12-8-18-16(23)14-13-7-3-4-11-22(13)15(19-14)17(24)21-9-5-6-10-21/h3-4,7,11H,5-6,8-10,12H2,1-2H3,(H,18,23). The summed E-state index contributed by atoms with van der Waals surface area (Å²) in [6.45, 7) is 2.79. The molecule has 0 aromatic carbocycles. The van der Waals surface area contributed by atoms with Crippen molar-refractivity contribution in [3.63, 3.8) is 0 Å². The zero-order chi connectivity index (χ0) is 17.1. The van der Waals surface area contributed by atoms with Gasteiger partial charge in [-0.2, -0.15) is 0 Å². The van der Waals surface area contributed by atoms with Gasteiger partial charge in [0.25, 0.3) is 11.8 Å². The van der Waals surface area contributed by atoms with Gasteiger partial charge in [-0.1, -0.05) is 6.07 Å². The number of aromatic nitrogens is 2. The van der Waals surface area contributed by atoms with Gasteiger partial charge in [-0.25, -0.2) is 4.98 Å². The molecule has 0 radical (unpaired) electrons. The van der Waals surface area contributed by atoms with Gasteiger partial charge in [0.15, 0.2) is 5.69 Å². The van der Waals surface area contributed by atoms with Crippen LogP contribution in [0.5, 0.6) is 0 Å². The van der Waals surface area contributed by atoms with E-state index in [1.165, 1.54) is 0 Å². The molecule has 3 heterocycles. The topological polar surface area (TPSA) is 70.0 Å². The minimum absolute atomic E-state index is 0.110. The van der Waals surface area contributed by atoms with Crippen LogP contribution in [-0.4, -0.2) is 71.3 Å². The summed E-state index contributed by atoms with van der Waals surface area (Å²) in [5, 5.41) is 2.86. The van der Waals surface area contributed by atoms with Crippen LogP contribution in [0.25, 0.3) is 5.52 Å². The van der Waals surface area contributed by atoms with Gasteiger partial charge in [0.2, 0.25) is 5.82 Å². The highest BCUT2D eigenvalue weighted by molar-refractivity contribution is 6.02. The first-order valence-electron chi connectivity index (χ1n) is 8.27. The van der Waals surface area contributed by atoms with E-state index in [0.717, 1.165) is 32.5 Å². The molecule has 1 aliphatic rings. The van der Waals surface area contributed by atoms with E-state index in [1.54, 1.807) is 15.5 Å². The van der Waals surface area contributed by atoms with Crippen LogP contribution in [0.4, 0.5) is 0 Å². The summed E-state index contributed by atoms with van der Waals surface area (Å²) in [6, 6.07) is 5.50. The van der Waals surface area contributed by atoms with Crippen molar-refractivity contribution in [3.8, 4) is 0 Å². The normalized spacial score (nSPS) is 14.5. The second-order valence-corrected chi connectivity index (χ2v) is 6.30.